The molecule has 1 atom stereocenters. The van der Waals surface area contributed by atoms with Crippen LogP contribution >= 0.6 is 0 Å². The summed E-state index contributed by atoms with van der Waals surface area (Å²) in [6, 6.07) is 1.69. The van der Waals surface area contributed by atoms with Crippen molar-refractivity contribution in [1.82, 2.24) is 0 Å². The van der Waals surface area contributed by atoms with Crippen molar-refractivity contribution < 1.29 is 19.4 Å². The zero-order chi connectivity index (χ0) is 12.4. The molecule has 0 radical (unpaired) electrons. The van der Waals surface area contributed by atoms with Crippen LogP contribution in [0.25, 0.3) is 0 Å². The Kier molecular flexibility index (Phi) is 7.86. The summed E-state index contributed by atoms with van der Waals surface area (Å²) in [6.07, 6.45) is 2.10. The fraction of sp³-hybridized carbons (Fsp3) is 0.727. The predicted molar refractivity (Wildman–Crippen MR) is 56.5 cm³/mol. The van der Waals surface area contributed by atoms with Gasteiger partial charge in [0, 0.05) is 6.42 Å². The van der Waals surface area contributed by atoms with Crippen molar-refractivity contribution in [3.63, 3.8) is 0 Å². The number of carbonyl (C=O) groups is 2. The van der Waals surface area contributed by atoms with Crippen molar-refractivity contribution in [2.24, 2.45) is 5.92 Å². The maximum atomic E-state index is 10.8. The molecule has 0 spiro atoms. The molecule has 1 unspecified atom stereocenters. The number of nitriles is 1. The number of carboxylic acids is 1. The maximum absolute atomic E-state index is 10.8. The van der Waals surface area contributed by atoms with Crippen LogP contribution in [0.5, 0.6) is 0 Å². The van der Waals surface area contributed by atoms with Gasteiger partial charge < -0.3 is 9.84 Å². The van der Waals surface area contributed by atoms with Crippen LogP contribution in [0.3, 0.4) is 0 Å². The Morgan fingerprint density at radius 3 is 2.62 bits per heavy atom. The third-order valence-corrected chi connectivity index (χ3v) is 2.17. The van der Waals surface area contributed by atoms with Crippen molar-refractivity contribution in [2.75, 3.05) is 6.61 Å². The highest BCUT2D eigenvalue weighted by Crippen LogP contribution is 2.15. The number of nitrogens with zero attached hydrogens (tertiary/aromatic N) is 1. The average Bonchev–Trinajstić information content (AvgIpc) is 2.17. The molecule has 5 nitrogen and oxygen atoms in total. The molecule has 0 bridgehead atoms. The van der Waals surface area contributed by atoms with Gasteiger partial charge in [-0.15, -0.1) is 0 Å². The van der Waals surface area contributed by atoms with E-state index in [1.165, 1.54) is 0 Å². The summed E-state index contributed by atoms with van der Waals surface area (Å²) in [6.45, 7) is 2.18. The number of ether oxygens (including phenoxy) is 1. The third kappa shape index (κ3) is 7.80. The summed E-state index contributed by atoms with van der Waals surface area (Å²) in [7, 11) is 0. The van der Waals surface area contributed by atoms with Gasteiger partial charge in [-0.3, -0.25) is 9.59 Å². The van der Waals surface area contributed by atoms with Gasteiger partial charge in [0.05, 0.1) is 12.7 Å². The number of carbonyl (C=O) groups excluding carboxylic acids is 1. The lowest BCUT2D eigenvalue weighted by Crippen LogP contribution is -2.12. The monoisotopic (exact) mass is 227 g/mol. The lowest BCUT2D eigenvalue weighted by atomic mass is 9.97. The number of hydrogen-bond acceptors (Lipinski definition) is 4. The highest BCUT2D eigenvalue weighted by molar-refractivity contribution is 5.71. The maximum Gasteiger partial charge on any atom is 0.320 e. The van der Waals surface area contributed by atoms with Crippen LogP contribution in [0.15, 0.2) is 0 Å². The van der Waals surface area contributed by atoms with Gasteiger partial charge in [0.2, 0.25) is 0 Å². The predicted octanol–water partition coefficient (Wildman–Crippen LogP) is 1.72. The lowest BCUT2D eigenvalue weighted by Gasteiger charge is -2.13. The molecule has 0 amide bonds. The van der Waals surface area contributed by atoms with Crippen LogP contribution in [-0.4, -0.2) is 23.7 Å². The Labute approximate surface area is 95.0 Å². The summed E-state index contributed by atoms with van der Waals surface area (Å²) < 4.78 is 4.79. The molecule has 0 heterocycles. The number of hydrogen-bond donors (Lipinski definition) is 1. The van der Waals surface area contributed by atoms with Crippen LogP contribution in [0, 0.1) is 17.2 Å². The van der Waals surface area contributed by atoms with E-state index in [0.717, 1.165) is 12.8 Å². The second-order valence-electron chi connectivity index (χ2n) is 3.60. The molecule has 0 aromatic rings. The molecule has 90 valence electrons. The van der Waals surface area contributed by atoms with E-state index in [1.807, 2.05) is 6.92 Å². The highest BCUT2D eigenvalue weighted by Gasteiger charge is 2.13. The minimum absolute atomic E-state index is 0.0392. The van der Waals surface area contributed by atoms with Gasteiger partial charge in [0.25, 0.3) is 0 Å². The summed E-state index contributed by atoms with van der Waals surface area (Å²) in [5.41, 5.74) is 0. The minimum Gasteiger partial charge on any atom is -0.481 e. The van der Waals surface area contributed by atoms with Crippen LogP contribution in [0.2, 0.25) is 0 Å². The normalized spacial score (nSPS) is 11.5. The van der Waals surface area contributed by atoms with Crippen molar-refractivity contribution >= 4 is 11.9 Å². The van der Waals surface area contributed by atoms with Crippen LogP contribution in [0.4, 0.5) is 0 Å². The molecule has 0 aromatic heterocycles. The number of rotatable bonds is 8. The Morgan fingerprint density at radius 2 is 2.12 bits per heavy atom. The van der Waals surface area contributed by atoms with Crippen molar-refractivity contribution in [1.29, 1.82) is 5.26 Å². The fourth-order valence-electron chi connectivity index (χ4n) is 1.46. The summed E-state index contributed by atoms with van der Waals surface area (Å²) >= 11 is 0. The van der Waals surface area contributed by atoms with Gasteiger partial charge in [-0.25, -0.2) is 0 Å². The molecular formula is C11H17NO4. The Balaban J connectivity index is 3.80. The number of esters is 1. The van der Waals surface area contributed by atoms with Gasteiger partial charge >= 0.3 is 11.9 Å². The first-order valence-corrected chi connectivity index (χ1v) is 5.34. The van der Waals surface area contributed by atoms with E-state index in [9.17, 15) is 9.59 Å². The van der Waals surface area contributed by atoms with Crippen molar-refractivity contribution in [2.45, 2.75) is 39.0 Å². The average molecular weight is 227 g/mol. The Bertz CT molecular complexity index is 270. The second kappa shape index (κ2) is 8.72. The first kappa shape index (κ1) is 14.4. The molecule has 5 heteroatoms. The van der Waals surface area contributed by atoms with Gasteiger partial charge in [0.15, 0.2) is 0 Å². The van der Waals surface area contributed by atoms with Crippen molar-refractivity contribution in [3.8, 4) is 6.07 Å². The molecule has 0 fully saturated rings. The van der Waals surface area contributed by atoms with E-state index in [2.05, 4.69) is 0 Å². The first-order valence-electron chi connectivity index (χ1n) is 5.34. The molecule has 0 aromatic carbocycles. The van der Waals surface area contributed by atoms with E-state index >= 15 is 0 Å². The Morgan fingerprint density at radius 1 is 1.44 bits per heavy atom. The van der Waals surface area contributed by atoms with Crippen LogP contribution in [-0.2, 0) is 14.3 Å². The van der Waals surface area contributed by atoms with Gasteiger partial charge in [0.1, 0.15) is 6.42 Å². The zero-order valence-corrected chi connectivity index (χ0v) is 9.44. The fourth-order valence-corrected chi connectivity index (χ4v) is 1.46. The minimum atomic E-state index is -0.832. The van der Waals surface area contributed by atoms with E-state index < -0.39 is 11.9 Å². The smallest absolute Gasteiger partial charge is 0.320 e. The Hall–Kier alpha value is -1.57. The third-order valence-electron chi connectivity index (χ3n) is 2.17. The van der Waals surface area contributed by atoms with E-state index in [1.54, 1.807) is 6.07 Å². The van der Waals surface area contributed by atoms with Crippen LogP contribution < -0.4 is 0 Å². The van der Waals surface area contributed by atoms with Gasteiger partial charge in [-0.1, -0.05) is 19.8 Å². The second-order valence-corrected chi connectivity index (χ2v) is 3.60. The zero-order valence-electron chi connectivity index (χ0n) is 9.44. The molecule has 0 saturated heterocycles. The molecule has 1 N–H and O–H groups in total. The molecular weight excluding hydrogens is 210 g/mol. The van der Waals surface area contributed by atoms with Crippen LogP contribution in [0.1, 0.15) is 39.0 Å². The molecule has 0 saturated carbocycles. The molecule has 0 rings (SSSR count). The topological polar surface area (TPSA) is 87.4 Å². The van der Waals surface area contributed by atoms with E-state index in [0.29, 0.717) is 6.42 Å². The molecule has 0 aliphatic rings. The van der Waals surface area contributed by atoms with E-state index in [4.69, 9.17) is 15.1 Å². The SMILES string of the molecule is CCCC(CCOC(=O)CC#N)CC(=O)O. The first-order chi connectivity index (χ1) is 7.60. The van der Waals surface area contributed by atoms with Gasteiger partial charge in [-0.2, -0.15) is 5.26 Å². The molecule has 0 aliphatic carbocycles. The summed E-state index contributed by atoms with van der Waals surface area (Å²) in [4.78, 5) is 21.4. The quantitative estimate of drug-likeness (QED) is 0.638. The lowest BCUT2D eigenvalue weighted by molar-refractivity contribution is -0.142. The van der Waals surface area contributed by atoms with Crippen molar-refractivity contribution in [3.05, 3.63) is 0 Å². The molecule has 0 aliphatic heterocycles. The summed E-state index contributed by atoms with van der Waals surface area (Å²) in [5, 5.41) is 16.9. The standard InChI is InChI=1S/C11H17NO4/c1-2-3-9(8-10(13)14)5-7-16-11(15)4-6-12/h9H,2-5,7-8H2,1H3,(H,13,14). The molecule has 16 heavy (non-hydrogen) atoms. The highest BCUT2D eigenvalue weighted by atomic mass is 16.5. The number of aliphatic carboxylic acids is 1. The van der Waals surface area contributed by atoms with E-state index in [-0.39, 0.29) is 25.4 Å². The summed E-state index contributed by atoms with van der Waals surface area (Å²) in [5.74, 6) is -1.34. The number of carboxylic acid groups (broad SMARTS) is 1. The largest absolute Gasteiger partial charge is 0.481 e. The van der Waals surface area contributed by atoms with Gasteiger partial charge in [-0.05, 0) is 12.3 Å².